The molecule has 0 bridgehead atoms. The number of amides is 2. The molecule has 0 radical (unpaired) electrons. The summed E-state index contributed by atoms with van der Waals surface area (Å²) in [6, 6.07) is 0. The second kappa shape index (κ2) is 5.49. The highest BCUT2D eigenvalue weighted by Crippen LogP contribution is 2.32. The fourth-order valence-corrected chi connectivity index (χ4v) is 3.11. The van der Waals surface area contributed by atoms with Gasteiger partial charge >= 0.3 is 0 Å². The summed E-state index contributed by atoms with van der Waals surface area (Å²) in [5, 5.41) is 3.26. The first-order valence-corrected chi connectivity index (χ1v) is 7.54. The number of rotatable bonds is 2. The Balaban J connectivity index is 1.57. The van der Waals surface area contributed by atoms with E-state index in [-0.39, 0.29) is 23.7 Å². The van der Waals surface area contributed by atoms with Crippen molar-refractivity contribution < 1.29 is 9.59 Å². The molecule has 19 heavy (non-hydrogen) atoms. The van der Waals surface area contributed by atoms with E-state index in [2.05, 4.69) is 5.32 Å². The molecule has 0 aromatic carbocycles. The van der Waals surface area contributed by atoms with Gasteiger partial charge in [-0.3, -0.25) is 9.59 Å². The first kappa shape index (κ1) is 12.9. The van der Waals surface area contributed by atoms with Crippen molar-refractivity contribution in [1.29, 1.82) is 0 Å². The van der Waals surface area contributed by atoms with Crippen molar-refractivity contribution in [3.05, 3.63) is 0 Å². The monoisotopic (exact) mass is 265 g/mol. The van der Waals surface area contributed by atoms with E-state index < -0.39 is 0 Å². The van der Waals surface area contributed by atoms with Crippen molar-refractivity contribution in [1.82, 2.24) is 15.1 Å². The van der Waals surface area contributed by atoms with E-state index in [1.807, 2.05) is 9.80 Å². The number of piperidine rings is 1. The molecule has 2 heterocycles. The number of likely N-dealkylation sites (tertiary alicyclic amines) is 1. The summed E-state index contributed by atoms with van der Waals surface area (Å²) in [5.41, 5.74) is 0. The van der Waals surface area contributed by atoms with E-state index in [0.29, 0.717) is 6.54 Å². The van der Waals surface area contributed by atoms with Gasteiger partial charge in [0, 0.05) is 45.2 Å². The van der Waals surface area contributed by atoms with Crippen molar-refractivity contribution in [3.8, 4) is 0 Å². The van der Waals surface area contributed by atoms with Gasteiger partial charge in [-0.1, -0.05) is 0 Å². The van der Waals surface area contributed by atoms with Crippen molar-refractivity contribution in [3.63, 3.8) is 0 Å². The molecule has 5 heteroatoms. The lowest BCUT2D eigenvalue weighted by atomic mass is 9.96. The third kappa shape index (κ3) is 2.91. The lowest BCUT2D eigenvalue weighted by Crippen LogP contribution is -2.52. The Morgan fingerprint density at radius 1 is 0.842 bits per heavy atom. The molecule has 3 aliphatic rings. The first-order chi connectivity index (χ1) is 9.25. The lowest BCUT2D eigenvalue weighted by Gasteiger charge is -2.36. The molecule has 0 spiro atoms. The second-order valence-corrected chi connectivity index (χ2v) is 5.97. The molecule has 1 N–H and O–H groups in total. The maximum Gasteiger partial charge on any atom is 0.227 e. The molecule has 1 aliphatic carbocycles. The SMILES string of the molecule is O=C(C1CCCN(C(=O)C2CC2)C1)N1CCNCC1. The van der Waals surface area contributed by atoms with E-state index in [4.69, 9.17) is 0 Å². The Hall–Kier alpha value is -1.10. The van der Waals surface area contributed by atoms with Crippen LogP contribution in [-0.4, -0.2) is 60.9 Å². The molecule has 2 saturated heterocycles. The van der Waals surface area contributed by atoms with Gasteiger partial charge in [-0.05, 0) is 25.7 Å². The Labute approximate surface area is 114 Å². The zero-order valence-corrected chi connectivity index (χ0v) is 11.4. The highest BCUT2D eigenvalue weighted by Gasteiger charge is 2.37. The summed E-state index contributed by atoms with van der Waals surface area (Å²) in [6.07, 6.45) is 4.01. The van der Waals surface area contributed by atoms with E-state index in [1.165, 1.54) is 0 Å². The van der Waals surface area contributed by atoms with Crippen LogP contribution < -0.4 is 5.32 Å². The number of nitrogens with zero attached hydrogens (tertiary/aromatic N) is 2. The highest BCUT2D eigenvalue weighted by molar-refractivity contribution is 5.83. The molecule has 0 aromatic heterocycles. The van der Waals surface area contributed by atoms with Crippen LogP contribution in [0, 0.1) is 11.8 Å². The molecule has 106 valence electrons. The van der Waals surface area contributed by atoms with Gasteiger partial charge in [0.2, 0.25) is 11.8 Å². The molecule has 2 amide bonds. The van der Waals surface area contributed by atoms with Crippen LogP contribution in [0.1, 0.15) is 25.7 Å². The minimum Gasteiger partial charge on any atom is -0.342 e. The Kier molecular flexibility index (Phi) is 3.73. The largest absolute Gasteiger partial charge is 0.342 e. The Morgan fingerprint density at radius 2 is 1.53 bits per heavy atom. The lowest BCUT2D eigenvalue weighted by molar-refractivity contribution is -0.141. The summed E-state index contributed by atoms with van der Waals surface area (Å²) in [4.78, 5) is 28.5. The van der Waals surface area contributed by atoms with Crippen molar-refractivity contribution in [2.75, 3.05) is 39.3 Å². The molecule has 0 aromatic rings. The number of carbonyl (C=O) groups is 2. The summed E-state index contributed by atoms with van der Waals surface area (Å²) in [7, 11) is 0. The maximum atomic E-state index is 12.5. The van der Waals surface area contributed by atoms with E-state index in [1.54, 1.807) is 0 Å². The molecule has 3 fully saturated rings. The molecule has 1 atom stereocenters. The summed E-state index contributed by atoms with van der Waals surface area (Å²) >= 11 is 0. The second-order valence-electron chi connectivity index (χ2n) is 5.97. The van der Waals surface area contributed by atoms with Gasteiger partial charge in [0.15, 0.2) is 0 Å². The number of hydrogen-bond donors (Lipinski definition) is 1. The van der Waals surface area contributed by atoms with Crippen LogP contribution in [0.5, 0.6) is 0 Å². The van der Waals surface area contributed by atoms with Crippen LogP contribution in [0.2, 0.25) is 0 Å². The molecule has 1 saturated carbocycles. The van der Waals surface area contributed by atoms with Gasteiger partial charge in [0.05, 0.1) is 5.92 Å². The van der Waals surface area contributed by atoms with Gasteiger partial charge in [0.25, 0.3) is 0 Å². The number of piperazine rings is 1. The quantitative estimate of drug-likeness (QED) is 0.768. The fourth-order valence-electron chi connectivity index (χ4n) is 3.11. The predicted octanol–water partition coefficient (Wildman–Crippen LogP) is 0.0668. The van der Waals surface area contributed by atoms with Crippen LogP contribution in [-0.2, 0) is 9.59 Å². The smallest absolute Gasteiger partial charge is 0.227 e. The molecule has 2 aliphatic heterocycles. The van der Waals surface area contributed by atoms with Crippen LogP contribution >= 0.6 is 0 Å². The van der Waals surface area contributed by atoms with Crippen molar-refractivity contribution in [2.24, 2.45) is 11.8 Å². The number of hydrogen-bond acceptors (Lipinski definition) is 3. The summed E-state index contributed by atoms with van der Waals surface area (Å²) < 4.78 is 0. The first-order valence-electron chi connectivity index (χ1n) is 7.54. The van der Waals surface area contributed by atoms with E-state index in [0.717, 1.165) is 58.4 Å². The zero-order chi connectivity index (χ0) is 13.2. The van der Waals surface area contributed by atoms with Crippen LogP contribution in [0.3, 0.4) is 0 Å². The van der Waals surface area contributed by atoms with Crippen LogP contribution in [0.15, 0.2) is 0 Å². The molecular formula is C14H23N3O2. The summed E-state index contributed by atoms with van der Waals surface area (Å²) in [5.74, 6) is 0.857. The maximum absolute atomic E-state index is 12.5. The Bertz CT molecular complexity index is 362. The highest BCUT2D eigenvalue weighted by atomic mass is 16.2. The Morgan fingerprint density at radius 3 is 2.21 bits per heavy atom. The van der Waals surface area contributed by atoms with Crippen molar-refractivity contribution >= 4 is 11.8 Å². The third-order valence-electron chi connectivity index (χ3n) is 4.44. The topological polar surface area (TPSA) is 52.7 Å². The van der Waals surface area contributed by atoms with Gasteiger partial charge in [-0.2, -0.15) is 0 Å². The number of nitrogens with one attached hydrogen (secondary N) is 1. The van der Waals surface area contributed by atoms with Crippen LogP contribution in [0.4, 0.5) is 0 Å². The zero-order valence-electron chi connectivity index (χ0n) is 11.4. The van der Waals surface area contributed by atoms with Crippen LogP contribution in [0.25, 0.3) is 0 Å². The minimum atomic E-state index is 0.0366. The molecule has 1 unspecified atom stereocenters. The predicted molar refractivity (Wildman–Crippen MR) is 71.5 cm³/mol. The fraction of sp³-hybridized carbons (Fsp3) is 0.857. The minimum absolute atomic E-state index is 0.0366. The average molecular weight is 265 g/mol. The summed E-state index contributed by atoms with van der Waals surface area (Å²) in [6.45, 7) is 4.91. The van der Waals surface area contributed by atoms with Gasteiger partial charge < -0.3 is 15.1 Å². The van der Waals surface area contributed by atoms with Gasteiger partial charge in [0.1, 0.15) is 0 Å². The average Bonchev–Trinajstić information content (AvgIpc) is 3.31. The van der Waals surface area contributed by atoms with Crippen molar-refractivity contribution in [2.45, 2.75) is 25.7 Å². The number of carbonyl (C=O) groups excluding carboxylic acids is 2. The van der Waals surface area contributed by atoms with E-state index >= 15 is 0 Å². The van der Waals surface area contributed by atoms with E-state index in [9.17, 15) is 9.59 Å². The molecule has 5 nitrogen and oxygen atoms in total. The normalized spacial score (nSPS) is 28.3. The standard InChI is InChI=1S/C14H23N3O2/c18-13(11-3-4-11)17-7-1-2-12(10-17)14(19)16-8-5-15-6-9-16/h11-12,15H,1-10H2. The third-order valence-corrected chi connectivity index (χ3v) is 4.44. The van der Waals surface area contributed by atoms with Gasteiger partial charge in [-0.15, -0.1) is 0 Å². The van der Waals surface area contributed by atoms with Gasteiger partial charge in [-0.25, -0.2) is 0 Å². The molecule has 3 rings (SSSR count). The molecular weight excluding hydrogens is 242 g/mol.